The Morgan fingerprint density at radius 1 is 1.30 bits per heavy atom. The van der Waals surface area contributed by atoms with Gasteiger partial charge in [-0.1, -0.05) is 6.07 Å². The number of hydrogen-bond donors (Lipinski definition) is 2. The van der Waals surface area contributed by atoms with Crippen LogP contribution in [-0.4, -0.2) is 26.7 Å². The summed E-state index contributed by atoms with van der Waals surface area (Å²) in [5.41, 5.74) is 9.98. The molecule has 1 aliphatic heterocycles. The molecule has 6 nitrogen and oxygen atoms in total. The normalized spacial score (nSPS) is 17.2. The zero-order valence-corrected chi connectivity index (χ0v) is 13.2. The number of aryl methyl sites for hydroxylation is 1. The zero-order valence-electron chi connectivity index (χ0n) is 12.4. The molecule has 0 amide bonds. The lowest BCUT2D eigenvalue weighted by Crippen LogP contribution is -2.20. The largest absolute Gasteiger partial charge is 0.385 e. The number of aromatic nitrogens is 3. The van der Waals surface area contributed by atoms with E-state index in [0.717, 1.165) is 27.3 Å². The first-order chi connectivity index (χ1) is 11.2. The lowest BCUT2D eigenvalue weighted by Gasteiger charge is -2.11. The Morgan fingerprint density at radius 2 is 2.22 bits per heavy atom. The van der Waals surface area contributed by atoms with Crippen LogP contribution in [0.25, 0.3) is 0 Å². The maximum Gasteiger partial charge on any atom is 0.163 e. The third-order valence-corrected chi connectivity index (χ3v) is 4.62. The van der Waals surface area contributed by atoms with E-state index in [4.69, 9.17) is 10.7 Å². The summed E-state index contributed by atoms with van der Waals surface area (Å²) in [4.78, 5) is 14.9. The first-order valence-electron chi connectivity index (χ1n) is 7.14. The first-order valence-corrected chi connectivity index (χ1v) is 8.02. The fourth-order valence-electron chi connectivity index (χ4n) is 2.62. The summed E-state index contributed by atoms with van der Waals surface area (Å²) in [6, 6.07) is 5.65. The van der Waals surface area contributed by atoms with Crippen molar-refractivity contribution in [1.29, 1.82) is 0 Å². The second-order valence-corrected chi connectivity index (χ2v) is 6.20. The molecule has 0 radical (unpaired) electrons. The average Bonchev–Trinajstić information content (AvgIpc) is 3.21. The zero-order chi connectivity index (χ0) is 15.8. The van der Waals surface area contributed by atoms with Gasteiger partial charge < -0.3 is 5.73 Å². The van der Waals surface area contributed by atoms with E-state index >= 15 is 0 Å². The molecule has 23 heavy (non-hydrogen) atoms. The van der Waals surface area contributed by atoms with Crippen molar-refractivity contribution in [2.45, 2.75) is 13.0 Å². The van der Waals surface area contributed by atoms with E-state index in [1.54, 1.807) is 29.9 Å². The van der Waals surface area contributed by atoms with E-state index in [2.05, 4.69) is 20.2 Å². The molecule has 3 N–H and O–H groups in total. The minimum atomic E-state index is -0.376. The van der Waals surface area contributed by atoms with E-state index in [1.807, 2.05) is 30.5 Å². The predicted octanol–water partition coefficient (Wildman–Crippen LogP) is 2.76. The Labute approximate surface area is 136 Å². The highest BCUT2D eigenvalue weighted by atomic mass is 32.1. The number of pyridine rings is 1. The second-order valence-electron chi connectivity index (χ2n) is 5.25. The molecule has 0 fully saturated rings. The van der Waals surface area contributed by atoms with Crippen LogP contribution < -0.4 is 5.73 Å². The van der Waals surface area contributed by atoms with Gasteiger partial charge in [0.25, 0.3) is 0 Å². The molecule has 0 saturated carbocycles. The van der Waals surface area contributed by atoms with Gasteiger partial charge in [-0.2, -0.15) is 5.10 Å². The lowest BCUT2D eigenvalue weighted by molar-refractivity contribution is 0.954. The Morgan fingerprint density at radius 3 is 2.96 bits per heavy atom. The van der Waals surface area contributed by atoms with Crippen LogP contribution in [0.2, 0.25) is 0 Å². The van der Waals surface area contributed by atoms with Crippen molar-refractivity contribution in [2.24, 2.45) is 15.7 Å². The number of H-pyrrole nitrogens is 1. The van der Waals surface area contributed by atoms with Crippen molar-refractivity contribution in [3.05, 3.63) is 63.7 Å². The van der Waals surface area contributed by atoms with Crippen molar-refractivity contribution in [3.63, 3.8) is 0 Å². The first kappa shape index (κ1) is 13.8. The van der Waals surface area contributed by atoms with Gasteiger partial charge in [0.05, 0.1) is 16.8 Å². The maximum absolute atomic E-state index is 6.22. The Hall–Kier alpha value is -2.80. The number of hydrogen-bond acceptors (Lipinski definition) is 6. The number of fused-ring (bicyclic) bond motifs is 1. The van der Waals surface area contributed by atoms with Crippen molar-refractivity contribution in [3.8, 4) is 0 Å². The number of aliphatic imine (C=N–C) groups is 2. The Balaban J connectivity index is 1.99. The summed E-state index contributed by atoms with van der Waals surface area (Å²) in [6.45, 7) is 2.04. The molecule has 0 bridgehead atoms. The molecule has 0 aromatic carbocycles. The minimum absolute atomic E-state index is 0.376. The van der Waals surface area contributed by atoms with Gasteiger partial charge in [0.1, 0.15) is 11.9 Å². The number of rotatable bonds is 2. The molecule has 1 atom stereocenters. The number of thiophene rings is 1. The molecule has 4 heterocycles. The molecule has 7 heteroatoms. The van der Waals surface area contributed by atoms with Crippen LogP contribution in [0.1, 0.15) is 27.6 Å². The molecule has 1 aliphatic rings. The molecule has 3 aromatic rings. The summed E-state index contributed by atoms with van der Waals surface area (Å²) in [5, 5.41) is 8.84. The van der Waals surface area contributed by atoms with Gasteiger partial charge >= 0.3 is 0 Å². The third kappa shape index (κ3) is 2.35. The van der Waals surface area contributed by atoms with Crippen LogP contribution in [0.5, 0.6) is 0 Å². The fourth-order valence-corrected chi connectivity index (χ4v) is 3.35. The van der Waals surface area contributed by atoms with Crippen LogP contribution in [0, 0.1) is 6.92 Å². The van der Waals surface area contributed by atoms with E-state index in [1.165, 1.54) is 0 Å². The van der Waals surface area contributed by atoms with Crippen molar-refractivity contribution in [2.75, 3.05) is 0 Å². The van der Waals surface area contributed by atoms with Crippen molar-refractivity contribution >= 4 is 28.7 Å². The lowest BCUT2D eigenvalue weighted by atomic mass is 10.0. The number of nitrogens with two attached hydrogens (primary N) is 1. The predicted molar refractivity (Wildman–Crippen MR) is 91.5 cm³/mol. The molecule has 4 rings (SSSR count). The maximum atomic E-state index is 6.22. The highest BCUT2D eigenvalue weighted by Crippen LogP contribution is 2.32. The molecular weight excluding hydrogens is 308 g/mol. The van der Waals surface area contributed by atoms with Crippen LogP contribution in [0.15, 0.2) is 52.2 Å². The van der Waals surface area contributed by atoms with Gasteiger partial charge in [-0.3, -0.25) is 10.1 Å². The SMILES string of the molecule is Cc1ccnc2c1C(c1cccs1)=NC(c1cn[nH]c1)C(N)=N2. The van der Waals surface area contributed by atoms with Gasteiger partial charge in [-0.25, -0.2) is 9.98 Å². The van der Waals surface area contributed by atoms with Crippen LogP contribution in [0.4, 0.5) is 5.82 Å². The standard InChI is InChI=1S/C16H14N6S/c1-9-4-5-18-16-12(9)14(11-3-2-6-23-11)21-13(15(17)22-16)10-7-19-20-8-10/h2-8,13H,1H3,(H,19,20)(H2,17,18,22). The quantitative estimate of drug-likeness (QED) is 0.760. The highest BCUT2D eigenvalue weighted by Gasteiger charge is 2.25. The molecule has 3 aromatic heterocycles. The van der Waals surface area contributed by atoms with E-state index in [0.29, 0.717) is 11.7 Å². The van der Waals surface area contributed by atoms with E-state index in [-0.39, 0.29) is 6.04 Å². The monoisotopic (exact) mass is 322 g/mol. The minimum Gasteiger partial charge on any atom is -0.385 e. The molecule has 0 aliphatic carbocycles. The smallest absolute Gasteiger partial charge is 0.163 e. The van der Waals surface area contributed by atoms with Gasteiger partial charge in [0, 0.05) is 23.5 Å². The van der Waals surface area contributed by atoms with Gasteiger partial charge in [-0.15, -0.1) is 11.3 Å². The van der Waals surface area contributed by atoms with Crippen LogP contribution in [-0.2, 0) is 0 Å². The fraction of sp³-hybridized carbons (Fsp3) is 0.125. The van der Waals surface area contributed by atoms with E-state index in [9.17, 15) is 0 Å². The second kappa shape index (κ2) is 5.44. The number of aromatic amines is 1. The average molecular weight is 322 g/mol. The molecule has 0 saturated heterocycles. The summed E-state index contributed by atoms with van der Waals surface area (Å²) in [6.07, 6.45) is 5.26. The molecule has 114 valence electrons. The van der Waals surface area contributed by atoms with Crippen LogP contribution in [0.3, 0.4) is 0 Å². The summed E-state index contributed by atoms with van der Waals surface area (Å²) >= 11 is 1.64. The van der Waals surface area contributed by atoms with E-state index < -0.39 is 0 Å². The van der Waals surface area contributed by atoms with Gasteiger partial charge in [0.15, 0.2) is 5.82 Å². The summed E-state index contributed by atoms with van der Waals surface area (Å²) in [5.74, 6) is 1.03. The van der Waals surface area contributed by atoms with Gasteiger partial charge in [-0.05, 0) is 30.0 Å². The molecule has 0 spiro atoms. The molecular formula is C16H14N6S. The number of amidine groups is 1. The number of nitrogens with one attached hydrogen (secondary N) is 1. The Kier molecular flexibility index (Phi) is 3.27. The topological polar surface area (TPSA) is 92.3 Å². The molecule has 1 unspecified atom stereocenters. The Bertz CT molecular complexity index is 893. The summed E-state index contributed by atoms with van der Waals surface area (Å²) < 4.78 is 0. The third-order valence-electron chi connectivity index (χ3n) is 3.74. The number of nitrogens with zero attached hydrogens (tertiary/aromatic N) is 4. The van der Waals surface area contributed by atoms with Crippen LogP contribution >= 0.6 is 11.3 Å². The van der Waals surface area contributed by atoms with Crippen molar-refractivity contribution in [1.82, 2.24) is 15.2 Å². The summed E-state index contributed by atoms with van der Waals surface area (Å²) in [7, 11) is 0. The van der Waals surface area contributed by atoms with Gasteiger partial charge in [0.2, 0.25) is 0 Å². The highest BCUT2D eigenvalue weighted by molar-refractivity contribution is 7.12. The van der Waals surface area contributed by atoms with Crippen molar-refractivity contribution < 1.29 is 0 Å².